The minimum absolute atomic E-state index is 0.105. The number of hydrogen-bond acceptors (Lipinski definition) is 15. The van der Waals surface area contributed by atoms with Crippen LogP contribution in [0.2, 0.25) is 0 Å². The van der Waals surface area contributed by atoms with E-state index < -0.39 is 97.5 Å². The molecule has 5 atom stereocenters. The number of phosphoric ester groups is 2. The van der Waals surface area contributed by atoms with Crippen LogP contribution in [0.25, 0.3) is 0 Å². The molecule has 0 spiro atoms. The van der Waals surface area contributed by atoms with Crippen molar-refractivity contribution in [3.8, 4) is 0 Å². The van der Waals surface area contributed by atoms with Gasteiger partial charge in [0.2, 0.25) is 0 Å². The first-order valence-corrected chi connectivity index (χ1v) is 44.2. The highest BCUT2D eigenvalue weighted by molar-refractivity contribution is 7.47. The molecule has 0 amide bonds. The van der Waals surface area contributed by atoms with Gasteiger partial charge in [-0.3, -0.25) is 37.3 Å². The molecule has 0 aliphatic carbocycles. The quantitative estimate of drug-likeness (QED) is 0.0222. The SMILES string of the molecule is CC(C)CCCCCCCCCCCCCCCCCCCCC(=O)O[C@H](COC(=O)CCCCCCCCC(C)C)COP(=O)(O)OCC(O)COP(=O)(O)OC[C@@H](COC(=O)CCCCCCCCCCCCCCCCC(C)C)OC(=O)CCCCCCCCCCCC(C)C. The fraction of sp³-hybridized carbons (Fsp3) is 0.950. The molecule has 19 heteroatoms. The first-order valence-electron chi connectivity index (χ1n) is 41.2. The van der Waals surface area contributed by atoms with Gasteiger partial charge in [-0.1, -0.05) is 357 Å². The van der Waals surface area contributed by atoms with Crippen molar-refractivity contribution in [1.29, 1.82) is 0 Å². The lowest BCUT2D eigenvalue weighted by Crippen LogP contribution is -2.30. The average molecular weight is 1450 g/mol. The number of aliphatic hydroxyl groups is 1. The largest absolute Gasteiger partial charge is 0.472 e. The van der Waals surface area contributed by atoms with E-state index in [1.807, 2.05) is 0 Å². The van der Waals surface area contributed by atoms with Crippen LogP contribution in [0.4, 0.5) is 0 Å². The third kappa shape index (κ3) is 74.1. The van der Waals surface area contributed by atoms with Crippen LogP contribution >= 0.6 is 15.6 Å². The molecule has 0 bridgehead atoms. The molecule has 17 nitrogen and oxygen atoms in total. The van der Waals surface area contributed by atoms with Gasteiger partial charge < -0.3 is 33.8 Å². The second-order valence-electron chi connectivity index (χ2n) is 30.7. The smallest absolute Gasteiger partial charge is 0.462 e. The Labute approximate surface area is 607 Å². The zero-order chi connectivity index (χ0) is 73.1. The maximum absolute atomic E-state index is 13.1. The fourth-order valence-corrected chi connectivity index (χ4v) is 13.8. The third-order valence-electron chi connectivity index (χ3n) is 18.6. The molecule has 0 saturated carbocycles. The molecule has 588 valence electrons. The standard InChI is InChI=1S/C80H156O17P2/c1-70(2)56-48-40-32-26-21-17-13-11-9-10-12-14-20-24-30-36-46-54-62-79(84)97-76(67-91-78(83)61-53-45-39-38-43-51-59-73(7)8)69-95-99(88,89)93-65-74(81)64-92-98(86,87)94-68-75(96-80(85)63-55-47-37-31-25-28-34-42-50-58-72(5)6)66-90-77(82)60-52-44-35-29-23-19-16-15-18-22-27-33-41-49-57-71(3)4/h70-76,81H,9-69H2,1-8H3,(H,86,87)(H,88,89)/t74?,75-,76-/m1/s1. The van der Waals surface area contributed by atoms with E-state index in [-0.39, 0.29) is 25.7 Å². The molecule has 3 N–H and O–H groups in total. The Morgan fingerprint density at radius 3 is 0.626 bits per heavy atom. The second kappa shape index (κ2) is 69.1. The Hall–Kier alpha value is -1.94. The first-order chi connectivity index (χ1) is 47.6. The van der Waals surface area contributed by atoms with Crippen molar-refractivity contribution < 1.29 is 80.2 Å². The van der Waals surface area contributed by atoms with E-state index in [9.17, 15) is 43.2 Å². The number of carbonyl (C=O) groups is 4. The van der Waals surface area contributed by atoms with Crippen LogP contribution in [0.15, 0.2) is 0 Å². The van der Waals surface area contributed by atoms with E-state index in [0.717, 1.165) is 114 Å². The molecule has 0 aromatic carbocycles. The van der Waals surface area contributed by atoms with Gasteiger partial charge in [-0.2, -0.15) is 0 Å². The highest BCUT2D eigenvalue weighted by atomic mass is 31.2. The van der Waals surface area contributed by atoms with Crippen molar-refractivity contribution in [1.82, 2.24) is 0 Å². The maximum atomic E-state index is 13.1. The van der Waals surface area contributed by atoms with Crippen molar-refractivity contribution in [2.75, 3.05) is 39.6 Å². The molecule has 0 saturated heterocycles. The summed E-state index contributed by atoms with van der Waals surface area (Å²) in [6, 6.07) is 0. The van der Waals surface area contributed by atoms with Gasteiger partial charge in [-0.25, -0.2) is 9.13 Å². The molecule has 0 rings (SSSR count). The van der Waals surface area contributed by atoms with Crippen LogP contribution < -0.4 is 0 Å². The molecule has 99 heavy (non-hydrogen) atoms. The number of rotatable bonds is 77. The van der Waals surface area contributed by atoms with E-state index in [2.05, 4.69) is 55.4 Å². The molecule has 0 radical (unpaired) electrons. The van der Waals surface area contributed by atoms with Gasteiger partial charge in [0.05, 0.1) is 26.4 Å². The summed E-state index contributed by atoms with van der Waals surface area (Å²) in [4.78, 5) is 72.9. The summed E-state index contributed by atoms with van der Waals surface area (Å²) in [5.74, 6) is 0.917. The van der Waals surface area contributed by atoms with Gasteiger partial charge in [-0.05, 0) is 49.4 Å². The van der Waals surface area contributed by atoms with Gasteiger partial charge in [0, 0.05) is 25.7 Å². The van der Waals surface area contributed by atoms with Crippen molar-refractivity contribution in [2.24, 2.45) is 23.7 Å². The predicted molar refractivity (Wildman–Crippen MR) is 404 cm³/mol. The predicted octanol–water partition coefficient (Wildman–Crippen LogP) is 23.6. The van der Waals surface area contributed by atoms with Gasteiger partial charge in [0.25, 0.3) is 0 Å². The minimum atomic E-state index is -4.96. The fourth-order valence-electron chi connectivity index (χ4n) is 12.3. The van der Waals surface area contributed by atoms with E-state index >= 15 is 0 Å². The highest BCUT2D eigenvalue weighted by Gasteiger charge is 2.30. The second-order valence-corrected chi connectivity index (χ2v) is 33.6. The van der Waals surface area contributed by atoms with Crippen LogP contribution in [-0.4, -0.2) is 96.7 Å². The van der Waals surface area contributed by atoms with Crippen LogP contribution in [0.3, 0.4) is 0 Å². The van der Waals surface area contributed by atoms with Gasteiger partial charge in [0.15, 0.2) is 12.2 Å². The van der Waals surface area contributed by atoms with Gasteiger partial charge in [-0.15, -0.1) is 0 Å². The van der Waals surface area contributed by atoms with E-state index in [4.69, 9.17) is 37.0 Å². The molecule has 0 aromatic rings. The Bertz CT molecular complexity index is 1940. The van der Waals surface area contributed by atoms with Gasteiger partial charge in [0.1, 0.15) is 19.3 Å². The van der Waals surface area contributed by atoms with Crippen molar-refractivity contribution >= 4 is 39.5 Å². The Morgan fingerprint density at radius 1 is 0.253 bits per heavy atom. The summed E-state index contributed by atoms with van der Waals surface area (Å²) >= 11 is 0. The summed E-state index contributed by atoms with van der Waals surface area (Å²) in [6.45, 7) is 14.2. The van der Waals surface area contributed by atoms with Crippen LogP contribution in [0.1, 0.15) is 409 Å². The zero-order valence-corrected chi connectivity index (χ0v) is 66.9. The molecular weight excluding hydrogens is 1290 g/mol. The summed E-state index contributed by atoms with van der Waals surface area (Å²) in [6.07, 6.45) is 55.8. The topological polar surface area (TPSA) is 237 Å². The normalized spacial score (nSPS) is 14.1. The molecule has 0 heterocycles. The Kier molecular flexibility index (Phi) is 67.8. The summed E-state index contributed by atoms with van der Waals surface area (Å²) < 4.78 is 68.6. The lowest BCUT2D eigenvalue weighted by atomic mass is 10.0. The number of phosphoric acid groups is 2. The number of carbonyl (C=O) groups excluding carboxylic acids is 4. The monoisotopic (exact) mass is 1450 g/mol. The molecule has 3 unspecified atom stereocenters. The summed E-state index contributed by atoms with van der Waals surface area (Å²) in [5, 5.41) is 10.6. The maximum Gasteiger partial charge on any atom is 0.472 e. The summed E-state index contributed by atoms with van der Waals surface area (Å²) in [5.41, 5.74) is 0. The number of esters is 4. The van der Waals surface area contributed by atoms with Crippen LogP contribution in [-0.2, 0) is 65.4 Å². The van der Waals surface area contributed by atoms with Crippen molar-refractivity contribution in [2.45, 2.75) is 427 Å². The van der Waals surface area contributed by atoms with Crippen LogP contribution in [0, 0.1) is 23.7 Å². The first kappa shape index (κ1) is 97.1. The Balaban J connectivity index is 5.16. The third-order valence-corrected chi connectivity index (χ3v) is 20.5. The number of unbranched alkanes of at least 4 members (excludes halogenated alkanes) is 43. The van der Waals surface area contributed by atoms with Crippen LogP contribution in [0.5, 0.6) is 0 Å². The van der Waals surface area contributed by atoms with E-state index in [0.29, 0.717) is 31.6 Å². The van der Waals surface area contributed by atoms with E-state index in [1.165, 1.54) is 205 Å². The highest BCUT2D eigenvalue weighted by Crippen LogP contribution is 2.45. The molecule has 0 aliphatic heterocycles. The molecule has 0 fully saturated rings. The van der Waals surface area contributed by atoms with Gasteiger partial charge >= 0.3 is 39.5 Å². The molecule has 0 aliphatic rings. The number of ether oxygens (including phenoxy) is 4. The molecule has 0 aromatic heterocycles. The van der Waals surface area contributed by atoms with Crippen molar-refractivity contribution in [3.63, 3.8) is 0 Å². The Morgan fingerprint density at radius 2 is 0.424 bits per heavy atom. The lowest BCUT2D eigenvalue weighted by molar-refractivity contribution is -0.161. The zero-order valence-electron chi connectivity index (χ0n) is 65.1. The average Bonchev–Trinajstić information content (AvgIpc) is 0.939. The lowest BCUT2D eigenvalue weighted by Gasteiger charge is -2.21. The summed E-state index contributed by atoms with van der Waals surface area (Å²) in [7, 11) is -9.92. The van der Waals surface area contributed by atoms with E-state index in [1.54, 1.807) is 0 Å². The number of aliphatic hydroxyl groups excluding tert-OH is 1. The molecular formula is C80H156O17P2. The number of hydrogen-bond donors (Lipinski definition) is 3. The van der Waals surface area contributed by atoms with Crippen molar-refractivity contribution in [3.05, 3.63) is 0 Å². The minimum Gasteiger partial charge on any atom is -0.462 e.